The van der Waals surface area contributed by atoms with E-state index in [1.807, 2.05) is 39.0 Å². The van der Waals surface area contributed by atoms with Gasteiger partial charge in [0.2, 0.25) is 0 Å². The molecule has 2 aliphatic heterocycles. The van der Waals surface area contributed by atoms with Gasteiger partial charge in [-0.05, 0) is 81.8 Å². The Bertz CT molecular complexity index is 2040. The molecule has 2 fully saturated rings. The average molecular weight is 708 g/mol. The maximum Gasteiger partial charge on any atom is 0.410 e. The van der Waals surface area contributed by atoms with Crippen molar-refractivity contribution in [3.05, 3.63) is 82.7 Å². The zero-order valence-corrected chi connectivity index (χ0v) is 28.4. The van der Waals surface area contributed by atoms with Crippen LogP contribution in [0.5, 0.6) is 11.5 Å². The van der Waals surface area contributed by atoms with Gasteiger partial charge in [-0.3, -0.25) is 13.9 Å². The van der Waals surface area contributed by atoms with Crippen molar-refractivity contribution in [2.24, 2.45) is 0 Å². The van der Waals surface area contributed by atoms with Gasteiger partial charge in [0.15, 0.2) is 11.6 Å². The molecule has 16 heteroatoms. The van der Waals surface area contributed by atoms with Gasteiger partial charge in [-0.25, -0.2) is 27.8 Å². The van der Waals surface area contributed by atoms with Crippen LogP contribution in [0.3, 0.4) is 0 Å². The number of hydrazine groups is 1. The van der Waals surface area contributed by atoms with Crippen LogP contribution in [-0.4, -0.2) is 85.4 Å². The molecule has 6 rings (SSSR count). The van der Waals surface area contributed by atoms with Crippen molar-refractivity contribution >= 4 is 39.6 Å². The van der Waals surface area contributed by atoms with Gasteiger partial charge in [-0.2, -0.15) is 9.68 Å². The van der Waals surface area contributed by atoms with E-state index in [2.05, 4.69) is 9.88 Å². The summed E-state index contributed by atoms with van der Waals surface area (Å²) in [6, 6.07) is 15.7. The lowest BCUT2D eigenvalue weighted by Gasteiger charge is -2.36. The van der Waals surface area contributed by atoms with Gasteiger partial charge in [0.25, 0.3) is 16.8 Å². The second-order valence-electron chi connectivity index (χ2n) is 12.9. The van der Waals surface area contributed by atoms with Crippen LogP contribution in [0.1, 0.15) is 32.8 Å². The monoisotopic (exact) mass is 707 g/mol. The second-order valence-corrected chi connectivity index (χ2v) is 13.7. The van der Waals surface area contributed by atoms with Crippen LogP contribution >= 0.6 is 0 Å². The molecule has 0 saturated carbocycles. The predicted molar refractivity (Wildman–Crippen MR) is 183 cm³/mol. The number of carbonyl (C=O) groups excluding carboxylic acids is 1. The first kappa shape index (κ1) is 34.7. The van der Waals surface area contributed by atoms with Gasteiger partial charge in [0, 0.05) is 38.4 Å². The minimum atomic E-state index is -2.70. The van der Waals surface area contributed by atoms with E-state index >= 15 is 4.39 Å². The lowest BCUT2D eigenvalue weighted by atomic mass is 10.1. The maximum absolute atomic E-state index is 15.2. The number of anilines is 2. The van der Waals surface area contributed by atoms with Crippen LogP contribution in [0.25, 0.3) is 16.6 Å². The highest BCUT2D eigenvalue weighted by atomic mass is 32.2. The molecule has 2 aliphatic rings. The number of aromatic nitrogens is 2. The summed E-state index contributed by atoms with van der Waals surface area (Å²) in [6.45, 7) is 7.68. The molecule has 0 radical (unpaired) electrons. The molecule has 3 aromatic carbocycles. The second kappa shape index (κ2) is 14.0. The molecule has 1 N–H and O–H groups in total. The van der Waals surface area contributed by atoms with Crippen LogP contribution in [0.4, 0.5) is 25.0 Å². The first-order valence-electron chi connectivity index (χ1n) is 15.9. The molecule has 13 nitrogen and oxygen atoms in total. The summed E-state index contributed by atoms with van der Waals surface area (Å²) < 4.78 is 64.9. The summed E-state index contributed by atoms with van der Waals surface area (Å²) in [5, 5.41) is 11.4. The number of nitriles is 1. The zero-order valence-electron chi connectivity index (χ0n) is 27.6. The van der Waals surface area contributed by atoms with Crippen LogP contribution in [0.15, 0.2) is 65.7 Å². The lowest BCUT2D eigenvalue weighted by molar-refractivity contribution is 0.0240. The highest BCUT2D eigenvalue weighted by molar-refractivity contribution is 7.80. The number of hydrogen-bond donors (Lipinski definition) is 1. The van der Waals surface area contributed by atoms with Crippen LogP contribution in [-0.2, 0) is 16.0 Å². The highest BCUT2D eigenvalue weighted by Crippen LogP contribution is 2.37. The number of amides is 1. The van der Waals surface area contributed by atoms with E-state index in [0.717, 1.165) is 22.2 Å². The molecule has 2 saturated heterocycles. The van der Waals surface area contributed by atoms with E-state index in [4.69, 9.17) is 9.47 Å². The molecule has 0 bridgehead atoms. The van der Waals surface area contributed by atoms with Gasteiger partial charge < -0.3 is 19.3 Å². The molecule has 0 aliphatic carbocycles. The fourth-order valence-electron chi connectivity index (χ4n) is 5.88. The number of nitrogens with zero attached hydrogens (tertiary/aromatic N) is 7. The standard InChI is InChI=1S/C34H35F2N7O6S/c1-34(2,3)49-33(45)40-16-14-39(15-17-40)23-4-6-24(7-5-23)42-21-38-29-10-8-25(18-26(29)32(42)44)48-31-27(19-37)30(11-9-28(31)36)43(50(46)47)41-13-12-22(35)20-41/h4-11,18,21-22H,12-17,20H2,1-3H3,(H,46,47)/t22-/m1/s1. The SMILES string of the molecule is CC(C)(C)OC(=O)N1CCN(c2ccc(-n3cnc4ccc(Oc5c(F)ccc(N(N6CC[C@@H](F)C6)S(=O)O)c5C#N)cc4c3=O)cc2)CC1. The van der Waals surface area contributed by atoms with Crippen LogP contribution in [0.2, 0.25) is 0 Å². The molecule has 50 heavy (non-hydrogen) atoms. The molecule has 1 amide bonds. The fourth-order valence-corrected chi connectivity index (χ4v) is 6.55. The van der Waals surface area contributed by atoms with Crippen LogP contribution in [0, 0.1) is 17.1 Å². The van der Waals surface area contributed by atoms with Crippen molar-refractivity contribution in [3.8, 4) is 23.3 Å². The number of hydrogen-bond acceptors (Lipinski definition) is 9. The van der Waals surface area contributed by atoms with E-state index in [0.29, 0.717) is 37.4 Å². The summed E-state index contributed by atoms with van der Waals surface area (Å²) >= 11 is -2.70. The Labute approximate surface area is 289 Å². The van der Waals surface area contributed by atoms with Crippen LogP contribution < -0.4 is 19.6 Å². The van der Waals surface area contributed by atoms with E-state index in [-0.39, 0.29) is 48.0 Å². The van der Waals surface area contributed by atoms with Crippen molar-refractivity contribution in [2.75, 3.05) is 48.6 Å². The lowest BCUT2D eigenvalue weighted by Crippen LogP contribution is -2.50. The number of fused-ring (bicyclic) bond motifs is 1. The third-order valence-electron chi connectivity index (χ3n) is 8.29. The quantitative estimate of drug-likeness (QED) is 0.256. The highest BCUT2D eigenvalue weighted by Gasteiger charge is 2.33. The van der Waals surface area contributed by atoms with Crippen molar-refractivity contribution in [3.63, 3.8) is 0 Å². The molecular formula is C34H35F2N7O6S. The number of piperazine rings is 1. The van der Waals surface area contributed by atoms with E-state index in [1.54, 1.807) is 17.0 Å². The van der Waals surface area contributed by atoms with E-state index < -0.39 is 40.2 Å². The number of rotatable bonds is 7. The Morgan fingerprint density at radius 3 is 2.38 bits per heavy atom. The predicted octanol–water partition coefficient (Wildman–Crippen LogP) is 5.15. The number of benzene rings is 3. The summed E-state index contributed by atoms with van der Waals surface area (Å²) in [5.74, 6) is -1.43. The zero-order chi connectivity index (χ0) is 35.7. The van der Waals surface area contributed by atoms with Gasteiger partial charge in [0.05, 0.1) is 28.8 Å². The van der Waals surface area contributed by atoms with Crippen molar-refractivity contribution in [1.82, 2.24) is 19.5 Å². The first-order valence-corrected chi connectivity index (χ1v) is 16.9. The Morgan fingerprint density at radius 1 is 1.06 bits per heavy atom. The molecule has 262 valence electrons. The summed E-state index contributed by atoms with van der Waals surface area (Å²) in [4.78, 5) is 34.3. The third-order valence-corrected chi connectivity index (χ3v) is 9.02. The molecule has 4 aromatic rings. The maximum atomic E-state index is 15.2. The number of halogens is 2. The molecule has 0 spiro atoms. The van der Waals surface area contributed by atoms with Gasteiger partial charge in [-0.1, -0.05) is 0 Å². The molecule has 2 atom stereocenters. The molecule has 1 unspecified atom stereocenters. The van der Waals surface area contributed by atoms with E-state index in [9.17, 15) is 28.0 Å². The number of carbonyl (C=O) groups is 1. The summed E-state index contributed by atoms with van der Waals surface area (Å²) in [7, 11) is 0. The topological polar surface area (TPSA) is 144 Å². The Hall–Kier alpha value is -5.11. The van der Waals surface area contributed by atoms with Crippen molar-refractivity contribution in [1.29, 1.82) is 5.26 Å². The van der Waals surface area contributed by atoms with Crippen molar-refractivity contribution in [2.45, 2.75) is 39.0 Å². The van der Waals surface area contributed by atoms with Gasteiger partial charge >= 0.3 is 6.09 Å². The third kappa shape index (κ3) is 7.25. The Morgan fingerprint density at radius 2 is 1.76 bits per heavy atom. The number of alkyl halides is 1. The summed E-state index contributed by atoms with van der Waals surface area (Å²) in [5.41, 5.74) is 0.302. The minimum absolute atomic E-state index is 0.0178. The van der Waals surface area contributed by atoms with Gasteiger partial charge in [-0.15, -0.1) is 0 Å². The van der Waals surface area contributed by atoms with E-state index in [1.165, 1.54) is 34.1 Å². The average Bonchev–Trinajstić information content (AvgIpc) is 3.51. The minimum Gasteiger partial charge on any atom is -0.453 e. The fraction of sp³-hybridized carbons (Fsp3) is 0.353. The normalized spacial score (nSPS) is 17.4. The smallest absolute Gasteiger partial charge is 0.410 e. The number of ether oxygens (including phenoxy) is 2. The Kier molecular flexibility index (Phi) is 9.74. The van der Waals surface area contributed by atoms with Crippen molar-refractivity contribution < 1.29 is 31.8 Å². The first-order chi connectivity index (χ1) is 23.8. The largest absolute Gasteiger partial charge is 0.453 e. The molecule has 3 heterocycles. The Balaban J connectivity index is 1.23. The molecule has 1 aromatic heterocycles. The molecular weight excluding hydrogens is 672 g/mol. The summed E-state index contributed by atoms with van der Waals surface area (Å²) in [6.07, 6.45) is -0.0406. The van der Waals surface area contributed by atoms with Gasteiger partial charge in [0.1, 0.15) is 35.5 Å².